The smallest absolute Gasteiger partial charge is 0.198 e. The van der Waals surface area contributed by atoms with Crippen molar-refractivity contribution in [2.45, 2.75) is 0 Å². The summed E-state index contributed by atoms with van der Waals surface area (Å²) >= 11 is 0. The molecule has 0 aliphatic rings. The van der Waals surface area contributed by atoms with Crippen LogP contribution < -0.4 is 9.47 Å². The van der Waals surface area contributed by atoms with Crippen LogP contribution in [-0.2, 0) is 0 Å². The molecular formula is C17H10N2O2. The maximum Gasteiger partial charge on any atom is 0.198 e. The van der Waals surface area contributed by atoms with E-state index in [1.165, 1.54) is 6.07 Å². The van der Waals surface area contributed by atoms with Crippen molar-refractivity contribution in [3.05, 3.63) is 65.3 Å². The van der Waals surface area contributed by atoms with Gasteiger partial charge in [-0.1, -0.05) is 18.1 Å². The zero-order valence-corrected chi connectivity index (χ0v) is 11.0. The number of hydrogen-bond donors (Lipinski definition) is 0. The van der Waals surface area contributed by atoms with Crippen molar-refractivity contribution in [2.75, 3.05) is 6.61 Å². The predicted molar refractivity (Wildman–Crippen MR) is 79.8 cm³/mol. The topological polar surface area (TPSA) is 27.2 Å². The van der Waals surface area contributed by atoms with Crippen molar-refractivity contribution >= 4 is 11.4 Å². The Hall–Kier alpha value is -3.42. The van der Waals surface area contributed by atoms with Gasteiger partial charge in [0.2, 0.25) is 0 Å². The number of rotatable bonds is 4. The second kappa shape index (κ2) is 6.66. The van der Waals surface area contributed by atoms with Gasteiger partial charge in [0.1, 0.15) is 23.9 Å². The molecule has 0 atom stereocenters. The second-order valence-electron chi connectivity index (χ2n) is 3.94. The van der Waals surface area contributed by atoms with Crippen molar-refractivity contribution in [3.8, 4) is 29.6 Å². The molecule has 0 N–H and O–H groups in total. The highest BCUT2D eigenvalue weighted by Gasteiger charge is 2.05. The molecule has 100 valence electrons. The lowest BCUT2D eigenvalue weighted by atomic mass is 10.2. The van der Waals surface area contributed by atoms with Crippen molar-refractivity contribution in [2.24, 2.45) is 0 Å². The maximum atomic E-state index is 7.06. The minimum atomic E-state index is 0.186. The summed E-state index contributed by atoms with van der Waals surface area (Å²) in [6, 6.07) is 11.8. The van der Waals surface area contributed by atoms with E-state index in [4.69, 9.17) is 29.0 Å². The van der Waals surface area contributed by atoms with Crippen molar-refractivity contribution in [1.29, 1.82) is 0 Å². The van der Waals surface area contributed by atoms with Gasteiger partial charge >= 0.3 is 0 Å². The van der Waals surface area contributed by atoms with Crippen LogP contribution in [0.2, 0.25) is 0 Å². The lowest BCUT2D eigenvalue weighted by Gasteiger charge is -2.08. The zero-order chi connectivity index (χ0) is 15.1. The van der Waals surface area contributed by atoms with E-state index in [1.807, 2.05) is 0 Å². The normalized spacial score (nSPS) is 9.00. The van der Waals surface area contributed by atoms with Crippen LogP contribution in [0.25, 0.3) is 9.69 Å². The van der Waals surface area contributed by atoms with Crippen LogP contribution >= 0.6 is 0 Å². The molecule has 4 nitrogen and oxygen atoms in total. The summed E-state index contributed by atoms with van der Waals surface area (Å²) in [5, 5.41) is 0. The number of benzene rings is 2. The average molecular weight is 274 g/mol. The first-order valence-corrected chi connectivity index (χ1v) is 6.00. The number of hydrogen-bond acceptors (Lipinski definition) is 2. The fraction of sp³-hybridized carbons (Fsp3) is 0.0588. The van der Waals surface area contributed by atoms with Crippen molar-refractivity contribution in [3.63, 3.8) is 0 Å². The quantitative estimate of drug-likeness (QED) is 0.602. The van der Waals surface area contributed by atoms with Crippen LogP contribution in [0.3, 0.4) is 0 Å². The Kier molecular flexibility index (Phi) is 4.44. The Morgan fingerprint density at radius 1 is 0.952 bits per heavy atom. The molecule has 0 unspecified atom stereocenters. The van der Waals surface area contributed by atoms with E-state index in [-0.39, 0.29) is 12.3 Å². The molecule has 0 saturated carbocycles. The summed E-state index contributed by atoms with van der Waals surface area (Å²) < 4.78 is 11.0. The molecule has 2 rings (SSSR count). The van der Waals surface area contributed by atoms with E-state index >= 15 is 0 Å². The van der Waals surface area contributed by atoms with Gasteiger partial charge in [-0.05, 0) is 24.3 Å². The summed E-state index contributed by atoms with van der Waals surface area (Å²) in [7, 11) is 0. The summed E-state index contributed by atoms with van der Waals surface area (Å²) in [6.45, 7) is 14.2. The molecule has 4 heteroatoms. The van der Waals surface area contributed by atoms with E-state index < -0.39 is 0 Å². The predicted octanol–water partition coefficient (Wildman–Crippen LogP) is 4.59. The highest BCUT2D eigenvalue weighted by Crippen LogP contribution is 2.34. The number of nitrogens with zero attached hydrogens (tertiary/aromatic N) is 2. The fourth-order valence-corrected chi connectivity index (χ4v) is 1.64. The van der Waals surface area contributed by atoms with E-state index in [9.17, 15) is 0 Å². The van der Waals surface area contributed by atoms with Gasteiger partial charge in [0.05, 0.1) is 13.1 Å². The molecule has 0 aliphatic carbocycles. The molecule has 0 aromatic heterocycles. The minimum absolute atomic E-state index is 0.186. The first-order valence-electron chi connectivity index (χ1n) is 6.00. The average Bonchev–Trinajstić information content (AvgIpc) is 2.53. The molecule has 0 radical (unpaired) electrons. The molecule has 0 saturated heterocycles. The van der Waals surface area contributed by atoms with Gasteiger partial charge in [-0.3, -0.25) is 4.85 Å². The molecule has 0 bridgehead atoms. The largest absolute Gasteiger partial charge is 0.481 e. The van der Waals surface area contributed by atoms with Gasteiger partial charge in [-0.2, -0.15) is 0 Å². The molecular weight excluding hydrogens is 264 g/mol. The van der Waals surface area contributed by atoms with Gasteiger partial charge in [0.25, 0.3) is 0 Å². The van der Waals surface area contributed by atoms with Gasteiger partial charge < -0.3 is 9.47 Å². The molecule has 0 amide bonds. The van der Waals surface area contributed by atoms with E-state index in [2.05, 4.69) is 15.6 Å². The van der Waals surface area contributed by atoms with Crippen LogP contribution in [0.15, 0.2) is 42.5 Å². The van der Waals surface area contributed by atoms with E-state index in [1.54, 1.807) is 36.4 Å². The fourth-order valence-electron chi connectivity index (χ4n) is 1.64. The summed E-state index contributed by atoms with van der Waals surface area (Å²) in [4.78, 5) is 6.59. The van der Waals surface area contributed by atoms with Gasteiger partial charge in [-0.15, -0.1) is 6.42 Å². The van der Waals surface area contributed by atoms with E-state index in [0.717, 1.165) is 0 Å². The summed E-state index contributed by atoms with van der Waals surface area (Å²) in [5.41, 5.74) is 0.575. The van der Waals surface area contributed by atoms with Crippen molar-refractivity contribution in [1.82, 2.24) is 0 Å². The molecule has 0 aliphatic heterocycles. The Bertz CT molecular complexity index is 777. The zero-order valence-electron chi connectivity index (χ0n) is 11.0. The SMILES string of the molecule is [C-]#[N+]c1ccc(Oc2cccc(OCC#C)c2)cc1[N+]#[C-]. The number of ether oxygens (including phenoxy) is 2. The van der Waals surface area contributed by atoms with Gasteiger partial charge in [-0.25, -0.2) is 4.85 Å². The monoisotopic (exact) mass is 274 g/mol. The third kappa shape index (κ3) is 3.53. The van der Waals surface area contributed by atoms with Crippen LogP contribution in [0, 0.1) is 25.5 Å². The minimum Gasteiger partial charge on any atom is -0.481 e. The Labute approximate surface area is 123 Å². The third-order valence-electron chi connectivity index (χ3n) is 2.55. The van der Waals surface area contributed by atoms with E-state index in [0.29, 0.717) is 22.9 Å². The van der Waals surface area contributed by atoms with Crippen LogP contribution in [0.5, 0.6) is 17.2 Å². The molecule has 0 fully saturated rings. The first kappa shape index (κ1) is 14.0. The highest BCUT2D eigenvalue weighted by atomic mass is 16.5. The number of terminal acetylenes is 1. The second-order valence-corrected chi connectivity index (χ2v) is 3.94. The highest BCUT2D eigenvalue weighted by molar-refractivity contribution is 5.72. The maximum absolute atomic E-state index is 7.06. The lowest BCUT2D eigenvalue weighted by Crippen LogP contribution is -1.93. The first-order chi connectivity index (χ1) is 10.3. The third-order valence-corrected chi connectivity index (χ3v) is 2.55. The molecule has 2 aromatic carbocycles. The lowest BCUT2D eigenvalue weighted by molar-refractivity contribution is 0.367. The Morgan fingerprint density at radius 2 is 1.67 bits per heavy atom. The Balaban J connectivity index is 2.21. The van der Waals surface area contributed by atoms with Gasteiger partial charge in [0.15, 0.2) is 11.4 Å². The molecule has 2 aromatic rings. The Morgan fingerprint density at radius 3 is 2.38 bits per heavy atom. The standard InChI is InChI=1S/C17H10N2O2/c1-4-10-20-13-6-5-7-14(11-13)21-15-8-9-16(18-2)17(12-15)19-3/h1,5-9,11-12H,10H2. The van der Waals surface area contributed by atoms with Crippen LogP contribution in [0.1, 0.15) is 0 Å². The van der Waals surface area contributed by atoms with Crippen molar-refractivity contribution < 1.29 is 9.47 Å². The molecule has 0 heterocycles. The summed E-state index contributed by atoms with van der Waals surface area (Å²) in [6.07, 6.45) is 5.14. The van der Waals surface area contributed by atoms with Crippen LogP contribution in [0.4, 0.5) is 11.4 Å². The van der Waals surface area contributed by atoms with Gasteiger partial charge in [0, 0.05) is 6.07 Å². The van der Waals surface area contributed by atoms with Crippen LogP contribution in [-0.4, -0.2) is 6.61 Å². The summed E-state index contributed by atoms with van der Waals surface area (Å²) in [5.74, 6) is 4.05. The molecule has 0 spiro atoms. The molecule has 21 heavy (non-hydrogen) atoms.